The number of amides is 1. The molecular formula is C17H16N2O6. The van der Waals surface area contributed by atoms with E-state index in [9.17, 15) is 19.7 Å². The van der Waals surface area contributed by atoms with Crippen molar-refractivity contribution in [3.05, 3.63) is 75.3 Å². The number of alkyl carbamates (subject to hydrolysis) is 1. The van der Waals surface area contributed by atoms with Crippen molar-refractivity contribution in [2.75, 3.05) is 0 Å². The summed E-state index contributed by atoms with van der Waals surface area (Å²) in [5.41, 5.74) is 0.416. The molecule has 1 atom stereocenters. The fourth-order valence-corrected chi connectivity index (χ4v) is 2.22. The van der Waals surface area contributed by atoms with Crippen molar-refractivity contribution in [2.45, 2.75) is 19.6 Å². The minimum absolute atomic E-state index is 0.0689. The first-order valence-corrected chi connectivity index (χ1v) is 7.37. The Morgan fingerprint density at radius 2 is 1.92 bits per heavy atom. The second-order valence-electron chi connectivity index (χ2n) is 5.26. The zero-order chi connectivity index (χ0) is 18.4. The third-order valence-electron chi connectivity index (χ3n) is 3.49. The molecule has 0 fully saturated rings. The molecule has 2 aromatic rings. The lowest BCUT2D eigenvalue weighted by molar-refractivity contribution is -0.385. The molecule has 0 aliphatic rings. The molecule has 1 amide bonds. The van der Waals surface area contributed by atoms with Gasteiger partial charge in [0, 0.05) is 6.07 Å². The molecule has 0 radical (unpaired) electrons. The average Bonchev–Trinajstić information content (AvgIpc) is 2.60. The number of rotatable bonds is 6. The number of carboxylic acid groups (broad SMARTS) is 1. The summed E-state index contributed by atoms with van der Waals surface area (Å²) >= 11 is 0. The van der Waals surface area contributed by atoms with Crippen LogP contribution in [0.4, 0.5) is 10.5 Å². The summed E-state index contributed by atoms with van der Waals surface area (Å²) in [6.45, 7) is 1.62. The lowest BCUT2D eigenvalue weighted by atomic mass is 10.0. The summed E-state index contributed by atoms with van der Waals surface area (Å²) in [6.07, 6.45) is -0.729. The predicted octanol–water partition coefficient (Wildman–Crippen LogP) is 3.28. The zero-order valence-corrected chi connectivity index (χ0v) is 13.3. The van der Waals surface area contributed by atoms with Crippen LogP contribution in [0.1, 0.15) is 34.5 Å². The Balaban J connectivity index is 2.06. The number of nitro benzene ring substituents is 1. The van der Waals surface area contributed by atoms with E-state index in [4.69, 9.17) is 9.84 Å². The molecule has 0 bridgehead atoms. The molecule has 2 N–H and O–H groups in total. The summed E-state index contributed by atoms with van der Waals surface area (Å²) < 4.78 is 5.07. The van der Waals surface area contributed by atoms with Crippen LogP contribution in [-0.2, 0) is 11.3 Å². The van der Waals surface area contributed by atoms with Crippen molar-refractivity contribution < 1.29 is 24.4 Å². The number of nitrogens with zero attached hydrogens (tertiary/aromatic N) is 1. The first kappa shape index (κ1) is 17.9. The van der Waals surface area contributed by atoms with Crippen LogP contribution in [0, 0.1) is 10.1 Å². The topological polar surface area (TPSA) is 119 Å². The Labute approximate surface area is 143 Å². The highest BCUT2D eigenvalue weighted by Crippen LogP contribution is 2.26. The number of aromatic carboxylic acids is 1. The number of carboxylic acids is 1. The highest BCUT2D eigenvalue weighted by Gasteiger charge is 2.22. The van der Waals surface area contributed by atoms with Gasteiger partial charge in [0.25, 0.3) is 5.69 Å². The Kier molecular flexibility index (Phi) is 5.67. The fourth-order valence-electron chi connectivity index (χ4n) is 2.22. The molecule has 0 spiro atoms. The van der Waals surface area contributed by atoms with Crippen LogP contribution in [0.5, 0.6) is 0 Å². The van der Waals surface area contributed by atoms with Crippen LogP contribution in [0.25, 0.3) is 0 Å². The van der Waals surface area contributed by atoms with Crippen LogP contribution >= 0.6 is 0 Å². The lowest BCUT2D eigenvalue weighted by Gasteiger charge is -2.15. The van der Waals surface area contributed by atoms with E-state index >= 15 is 0 Å². The Bertz CT molecular complexity index is 791. The molecule has 0 aliphatic heterocycles. The van der Waals surface area contributed by atoms with E-state index < -0.39 is 23.0 Å². The molecule has 1 unspecified atom stereocenters. The van der Waals surface area contributed by atoms with Gasteiger partial charge in [-0.25, -0.2) is 9.59 Å². The normalized spacial score (nSPS) is 11.4. The predicted molar refractivity (Wildman–Crippen MR) is 88.2 cm³/mol. The fraction of sp³-hybridized carbons (Fsp3) is 0.176. The summed E-state index contributed by atoms with van der Waals surface area (Å²) in [5.74, 6) is -1.27. The Hall–Kier alpha value is -3.42. The second-order valence-corrected chi connectivity index (χ2v) is 5.26. The molecule has 0 aliphatic carbocycles. The van der Waals surface area contributed by atoms with E-state index in [0.29, 0.717) is 0 Å². The van der Waals surface area contributed by atoms with Crippen LogP contribution in [0.3, 0.4) is 0 Å². The lowest BCUT2D eigenvalue weighted by Crippen LogP contribution is -2.27. The molecule has 0 saturated heterocycles. The third-order valence-corrected chi connectivity index (χ3v) is 3.49. The van der Waals surface area contributed by atoms with Crippen molar-refractivity contribution in [2.24, 2.45) is 0 Å². The minimum atomic E-state index is -1.27. The number of carbonyl (C=O) groups excluding carboxylic acids is 1. The van der Waals surface area contributed by atoms with Crippen molar-refractivity contribution in [1.29, 1.82) is 0 Å². The van der Waals surface area contributed by atoms with Crippen molar-refractivity contribution in [1.82, 2.24) is 5.32 Å². The van der Waals surface area contributed by atoms with Crippen LogP contribution in [0.2, 0.25) is 0 Å². The first-order valence-electron chi connectivity index (χ1n) is 7.37. The summed E-state index contributed by atoms with van der Waals surface area (Å²) in [7, 11) is 0. The Morgan fingerprint density at radius 1 is 1.24 bits per heavy atom. The van der Waals surface area contributed by atoms with E-state index in [1.54, 1.807) is 19.1 Å². The molecule has 25 heavy (non-hydrogen) atoms. The van der Waals surface area contributed by atoms with Crippen molar-refractivity contribution in [3.8, 4) is 0 Å². The second kappa shape index (κ2) is 7.91. The van der Waals surface area contributed by atoms with Crippen LogP contribution < -0.4 is 5.32 Å². The quantitative estimate of drug-likeness (QED) is 0.613. The molecule has 0 aromatic heterocycles. The zero-order valence-electron chi connectivity index (χ0n) is 13.3. The van der Waals surface area contributed by atoms with E-state index in [0.717, 1.165) is 11.6 Å². The monoisotopic (exact) mass is 344 g/mol. The number of carbonyl (C=O) groups is 2. The number of nitro groups is 1. The summed E-state index contributed by atoms with van der Waals surface area (Å²) in [4.78, 5) is 33.3. The molecule has 2 rings (SSSR count). The number of benzene rings is 2. The highest BCUT2D eigenvalue weighted by atomic mass is 16.6. The van der Waals surface area contributed by atoms with E-state index in [2.05, 4.69) is 5.32 Å². The SMILES string of the molecule is CC(NC(=O)OCc1ccccc1)c1ccc(C(=O)O)cc1[N+](=O)[O-]. The smallest absolute Gasteiger partial charge is 0.407 e. The van der Waals surface area contributed by atoms with Gasteiger partial charge < -0.3 is 15.2 Å². The number of hydrogen-bond donors (Lipinski definition) is 2. The third kappa shape index (κ3) is 4.77. The van der Waals surface area contributed by atoms with Gasteiger partial charge >= 0.3 is 12.1 Å². The maximum absolute atomic E-state index is 11.9. The van der Waals surface area contributed by atoms with Gasteiger partial charge in [-0.05, 0) is 24.6 Å². The maximum Gasteiger partial charge on any atom is 0.407 e. The molecule has 0 heterocycles. The Morgan fingerprint density at radius 3 is 2.52 bits per heavy atom. The summed E-state index contributed by atoms with van der Waals surface area (Å²) in [5, 5.41) is 22.6. The molecular weight excluding hydrogens is 328 g/mol. The van der Waals surface area contributed by atoms with Gasteiger partial charge in [-0.15, -0.1) is 0 Å². The van der Waals surface area contributed by atoms with Crippen molar-refractivity contribution in [3.63, 3.8) is 0 Å². The molecule has 130 valence electrons. The van der Waals surface area contributed by atoms with Gasteiger partial charge in [-0.3, -0.25) is 10.1 Å². The number of ether oxygens (including phenoxy) is 1. The van der Waals surface area contributed by atoms with Gasteiger partial charge in [0.1, 0.15) is 6.61 Å². The van der Waals surface area contributed by atoms with Crippen LogP contribution in [0.15, 0.2) is 48.5 Å². The van der Waals surface area contributed by atoms with Crippen LogP contribution in [-0.4, -0.2) is 22.1 Å². The van der Waals surface area contributed by atoms with Gasteiger partial charge in [0.2, 0.25) is 0 Å². The van der Waals surface area contributed by atoms with Gasteiger partial charge in [0.05, 0.1) is 22.1 Å². The largest absolute Gasteiger partial charge is 0.478 e. The molecule has 8 heteroatoms. The molecule has 8 nitrogen and oxygen atoms in total. The van der Waals surface area contributed by atoms with Gasteiger partial charge in [-0.1, -0.05) is 30.3 Å². The van der Waals surface area contributed by atoms with Gasteiger partial charge in [0.15, 0.2) is 0 Å². The summed E-state index contributed by atoms with van der Waals surface area (Å²) in [6, 6.07) is 11.8. The highest BCUT2D eigenvalue weighted by molar-refractivity contribution is 5.88. The van der Waals surface area contributed by atoms with E-state index in [1.165, 1.54) is 12.1 Å². The van der Waals surface area contributed by atoms with E-state index in [-0.39, 0.29) is 23.4 Å². The average molecular weight is 344 g/mol. The molecule has 0 saturated carbocycles. The first-order chi connectivity index (χ1) is 11.9. The minimum Gasteiger partial charge on any atom is -0.478 e. The van der Waals surface area contributed by atoms with Crippen molar-refractivity contribution >= 4 is 17.7 Å². The molecule has 2 aromatic carbocycles. The van der Waals surface area contributed by atoms with Gasteiger partial charge in [-0.2, -0.15) is 0 Å². The number of hydrogen-bond acceptors (Lipinski definition) is 5. The standard InChI is InChI=1S/C17H16N2O6/c1-11(18-17(22)25-10-12-5-3-2-4-6-12)14-8-7-13(16(20)21)9-15(14)19(23)24/h2-9,11H,10H2,1H3,(H,18,22)(H,20,21). The maximum atomic E-state index is 11.9. The number of nitrogens with one attached hydrogen (secondary N) is 1. The van der Waals surface area contributed by atoms with E-state index in [1.807, 2.05) is 18.2 Å².